The van der Waals surface area contributed by atoms with Gasteiger partial charge in [-0.2, -0.15) is 0 Å². The Bertz CT molecular complexity index is 294. The number of nitrogens with two attached hydrogens (primary N) is 2. The van der Waals surface area contributed by atoms with Crippen molar-refractivity contribution in [1.82, 2.24) is 0 Å². The van der Waals surface area contributed by atoms with E-state index in [2.05, 4.69) is 0 Å². The van der Waals surface area contributed by atoms with E-state index in [0.717, 1.165) is 12.0 Å². The van der Waals surface area contributed by atoms with E-state index in [0.29, 0.717) is 13.0 Å². The van der Waals surface area contributed by atoms with Crippen LogP contribution in [0.3, 0.4) is 0 Å². The molecule has 0 spiro atoms. The molecule has 0 aliphatic carbocycles. The molecule has 0 saturated heterocycles. The maximum atomic E-state index is 7.16. The maximum Gasteiger partial charge on any atom is 0.0950 e. The van der Waals surface area contributed by atoms with Crippen molar-refractivity contribution in [3.8, 4) is 0 Å². The van der Waals surface area contributed by atoms with Crippen molar-refractivity contribution in [3.05, 3.63) is 35.4 Å². The minimum Gasteiger partial charge on any atom is -0.387 e. The second-order valence-corrected chi connectivity index (χ2v) is 3.06. The van der Waals surface area contributed by atoms with E-state index in [9.17, 15) is 0 Å². The molecule has 0 aromatic heterocycles. The summed E-state index contributed by atoms with van der Waals surface area (Å²) in [5.74, 6) is 0.199. The van der Waals surface area contributed by atoms with Crippen molar-refractivity contribution in [1.29, 1.82) is 5.41 Å². The van der Waals surface area contributed by atoms with Crippen LogP contribution in [0.5, 0.6) is 0 Å². The molecule has 70 valence electrons. The number of benzene rings is 1. The van der Waals surface area contributed by atoms with Crippen LogP contribution >= 0.6 is 0 Å². The van der Waals surface area contributed by atoms with Gasteiger partial charge in [0, 0.05) is 6.42 Å². The van der Waals surface area contributed by atoms with Gasteiger partial charge in [0.1, 0.15) is 0 Å². The van der Waals surface area contributed by atoms with Crippen LogP contribution in [0.15, 0.2) is 24.3 Å². The Morgan fingerprint density at radius 2 is 2.00 bits per heavy atom. The first kappa shape index (κ1) is 9.74. The van der Waals surface area contributed by atoms with Crippen LogP contribution < -0.4 is 11.5 Å². The van der Waals surface area contributed by atoms with Crippen LogP contribution in [-0.4, -0.2) is 12.4 Å². The molecule has 0 amide bonds. The maximum absolute atomic E-state index is 7.16. The SMILES string of the molecule is N=C(N)Cc1cccc(CCN)c1. The third-order valence-corrected chi connectivity index (χ3v) is 1.82. The number of hydrogen-bond acceptors (Lipinski definition) is 2. The summed E-state index contributed by atoms with van der Waals surface area (Å²) >= 11 is 0. The fourth-order valence-corrected chi connectivity index (χ4v) is 1.28. The quantitative estimate of drug-likeness (QED) is 0.467. The van der Waals surface area contributed by atoms with E-state index in [1.54, 1.807) is 0 Å². The Morgan fingerprint density at radius 1 is 1.31 bits per heavy atom. The highest BCUT2D eigenvalue weighted by molar-refractivity contribution is 5.79. The molecule has 3 nitrogen and oxygen atoms in total. The van der Waals surface area contributed by atoms with Crippen LogP contribution in [0.4, 0.5) is 0 Å². The summed E-state index contributed by atoms with van der Waals surface area (Å²) in [5, 5.41) is 7.16. The largest absolute Gasteiger partial charge is 0.387 e. The van der Waals surface area contributed by atoms with E-state index in [-0.39, 0.29) is 5.84 Å². The minimum absolute atomic E-state index is 0.199. The van der Waals surface area contributed by atoms with Crippen LogP contribution in [-0.2, 0) is 12.8 Å². The van der Waals surface area contributed by atoms with Crippen LogP contribution in [0.2, 0.25) is 0 Å². The van der Waals surface area contributed by atoms with Gasteiger partial charge in [0.15, 0.2) is 0 Å². The van der Waals surface area contributed by atoms with Crippen LogP contribution in [0.25, 0.3) is 0 Å². The fourth-order valence-electron chi connectivity index (χ4n) is 1.28. The summed E-state index contributed by atoms with van der Waals surface area (Å²) in [6.07, 6.45) is 1.41. The lowest BCUT2D eigenvalue weighted by atomic mass is 10.1. The fraction of sp³-hybridized carbons (Fsp3) is 0.300. The van der Waals surface area contributed by atoms with Gasteiger partial charge in [-0.05, 0) is 24.1 Å². The van der Waals surface area contributed by atoms with Gasteiger partial charge in [-0.1, -0.05) is 24.3 Å². The monoisotopic (exact) mass is 177 g/mol. The van der Waals surface area contributed by atoms with E-state index >= 15 is 0 Å². The van der Waals surface area contributed by atoms with Gasteiger partial charge in [-0.15, -0.1) is 0 Å². The molecule has 13 heavy (non-hydrogen) atoms. The summed E-state index contributed by atoms with van der Waals surface area (Å²) in [6.45, 7) is 0.656. The van der Waals surface area contributed by atoms with Crippen molar-refractivity contribution >= 4 is 5.84 Å². The molecule has 0 atom stereocenters. The molecule has 0 bridgehead atoms. The van der Waals surface area contributed by atoms with Gasteiger partial charge in [-0.25, -0.2) is 0 Å². The smallest absolute Gasteiger partial charge is 0.0950 e. The summed E-state index contributed by atoms with van der Waals surface area (Å²) in [5.41, 5.74) is 13.0. The highest BCUT2D eigenvalue weighted by Crippen LogP contribution is 2.05. The first-order chi connectivity index (χ1) is 6.22. The Balaban J connectivity index is 2.73. The standard InChI is InChI=1S/C10H15N3/c11-5-4-8-2-1-3-9(6-8)7-10(12)13/h1-3,6H,4-5,7,11H2,(H3,12,13). The van der Waals surface area contributed by atoms with Gasteiger partial charge in [0.05, 0.1) is 5.84 Å². The summed E-state index contributed by atoms with van der Waals surface area (Å²) < 4.78 is 0. The molecule has 0 aliphatic heterocycles. The normalized spacial score (nSPS) is 9.92. The molecule has 0 radical (unpaired) electrons. The molecule has 1 aromatic rings. The van der Waals surface area contributed by atoms with Gasteiger partial charge in [0.25, 0.3) is 0 Å². The molecule has 1 rings (SSSR count). The second-order valence-electron chi connectivity index (χ2n) is 3.06. The Hall–Kier alpha value is -1.35. The van der Waals surface area contributed by atoms with Crippen LogP contribution in [0.1, 0.15) is 11.1 Å². The molecule has 0 aliphatic rings. The van der Waals surface area contributed by atoms with Crippen molar-refractivity contribution < 1.29 is 0 Å². The van der Waals surface area contributed by atoms with E-state index in [4.69, 9.17) is 16.9 Å². The predicted octanol–water partition coefficient (Wildman–Crippen LogP) is 0.666. The molecule has 0 fully saturated rings. The van der Waals surface area contributed by atoms with Crippen molar-refractivity contribution in [3.63, 3.8) is 0 Å². The van der Waals surface area contributed by atoms with Crippen molar-refractivity contribution in [2.24, 2.45) is 11.5 Å². The molecular weight excluding hydrogens is 162 g/mol. The zero-order valence-electron chi connectivity index (χ0n) is 7.59. The third-order valence-electron chi connectivity index (χ3n) is 1.82. The predicted molar refractivity (Wildman–Crippen MR) is 54.8 cm³/mol. The Morgan fingerprint density at radius 3 is 2.62 bits per heavy atom. The first-order valence-corrected chi connectivity index (χ1v) is 4.33. The second kappa shape index (κ2) is 4.62. The molecule has 0 unspecified atom stereocenters. The van der Waals surface area contributed by atoms with E-state index < -0.39 is 0 Å². The minimum atomic E-state index is 0.199. The van der Waals surface area contributed by atoms with E-state index in [1.165, 1.54) is 5.56 Å². The average Bonchev–Trinajstić information content (AvgIpc) is 2.04. The van der Waals surface area contributed by atoms with Gasteiger partial charge in [-0.3, -0.25) is 5.41 Å². The molecule has 3 heteroatoms. The Kier molecular flexibility index (Phi) is 3.46. The van der Waals surface area contributed by atoms with Gasteiger partial charge < -0.3 is 11.5 Å². The number of hydrogen-bond donors (Lipinski definition) is 3. The van der Waals surface area contributed by atoms with Gasteiger partial charge >= 0.3 is 0 Å². The van der Waals surface area contributed by atoms with Crippen molar-refractivity contribution in [2.75, 3.05) is 6.54 Å². The Labute approximate surface area is 78.3 Å². The molecule has 1 aromatic carbocycles. The lowest BCUT2D eigenvalue weighted by molar-refractivity contribution is 0.965. The molecular formula is C10H15N3. The van der Waals surface area contributed by atoms with E-state index in [1.807, 2.05) is 24.3 Å². The number of nitrogens with one attached hydrogen (secondary N) is 1. The zero-order valence-corrected chi connectivity index (χ0v) is 7.59. The molecule has 0 saturated carbocycles. The van der Waals surface area contributed by atoms with Crippen LogP contribution in [0, 0.1) is 5.41 Å². The topological polar surface area (TPSA) is 75.9 Å². The summed E-state index contributed by atoms with van der Waals surface area (Å²) in [7, 11) is 0. The first-order valence-electron chi connectivity index (χ1n) is 4.33. The lowest BCUT2D eigenvalue weighted by Gasteiger charge is -2.02. The molecule has 5 N–H and O–H groups in total. The highest BCUT2D eigenvalue weighted by Gasteiger charge is 1.96. The summed E-state index contributed by atoms with van der Waals surface area (Å²) in [6, 6.07) is 8.04. The van der Waals surface area contributed by atoms with Gasteiger partial charge in [0.2, 0.25) is 0 Å². The third kappa shape index (κ3) is 3.25. The summed E-state index contributed by atoms with van der Waals surface area (Å²) in [4.78, 5) is 0. The zero-order chi connectivity index (χ0) is 9.68. The number of rotatable bonds is 4. The van der Waals surface area contributed by atoms with Crippen molar-refractivity contribution in [2.45, 2.75) is 12.8 Å². The highest BCUT2D eigenvalue weighted by atomic mass is 14.7. The lowest BCUT2D eigenvalue weighted by Crippen LogP contribution is -2.13. The average molecular weight is 177 g/mol. The molecule has 0 heterocycles. The number of amidine groups is 1.